The lowest BCUT2D eigenvalue weighted by molar-refractivity contribution is 0.554. The highest BCUT2D eigenvalue weighted by molar-refractivity contribution is 7.09. The summed E-state index contributed by atoms with van der Waals surface area (Å²) in [6.45, 7) is 10.1. The Labute approximate surface area is 131 Å². The molecular formula is C16H24N4S. The molecule has 0 aliphatic heterocycles. The molecule has 4 nitrogen and oxygen atoms in total. The maximum atomic E-state index is 5.69. The second kappa shape index (κ2) is 6.54. The summed E-state index contributed by atoms with van der Waals surface area (Å²) in [4.78, 5) is 6.98. The number of nitrogens with zero attached hydrogens (tertiary/aromatic N) is 3. The number of hydrogen-bond donors (Lipinski definition) is 1. The molecule has 5 heteroatoms. The van der Waals surface area contributed by atoms with E-state index in [1.165, 1.54) is 22.8 Å². The van der Waals surface area contributed by atoms with Crippen molar-refractivity contribution < 1.29 is 0 Å². The van der Waals surface area contributed by atoms with E-state index in [1.54, 1.807) is 0 Å². The lowest BCUT2D eigenvalue weighted by Gasteiger charge is -2.23. The Kier molecular flexibility index (Phi) is 4.96. The van der Waals surface area contributed by atoms with Crippen LogP contribution in [0.25, 0.3) is 0 Å². The molecule has 0 radical (unpaired) electrons. The van der Waals surface area contributed by atoms with Crippen LogP contribution in [0, 0.1) is 6.92 Å². The fraction of sp³-hybridized carbons (Fsp3) is 0.500. The van der Waals surface area contributed by atoms with Crippen molar-refractivity contribution in [3.8, 4) is 0 Å². The Morgan fingerprint density at radius 1 is 1.24 bits per heavy atom. The average Bonchev–Trinajstić information content (AvgIpc) is 2.91. The maximum Gasteiger partial charge on any atom is 0.209 e. The van der Waals surface area contributed by atoms with Gasteiger partial charge in [0.15, 0.2) is 0 Å². The van der Waals surface area contributed by atoms with Crippen LogP contribution in [0.15, 0.2) is 24.3 Å². The van der Waals surface area contributed by atoms with E-state index in [0.717, 1.165) is 23.9 Å². The van der Waals surface area contributed by atoms with Crippen LogP contribution in [0.4, 0.5) is 10.8 Å². The van der Waals surface area contributed by atoms with Crippen molar-refractivity contribution in [2.75, 3.05) is 18.0 Å². The van der Waals surface area contributed by atoms with Gasteiger partial charge in [0.2, 0.25) is 5.13 Å². The zero-order chi connectivity index (χ0) is 15.5. The Morgan fingerprint density at radius 2 is 1.95 bits per heavy atom. The molecule has 1 heterocycles. The summed E-state index contributed by atoms with van der Waals surface area (Å²) in [5.41, 5.74) is 8.08. The Bertz CT molecular complexity index is 586. The summed E-state index contributed by atoms with van der Waals surface area (Å²) in [6, 6.07) is 8.37. The van der Waals surface area contributed by atoms with Gasteiger partial charge in [-0.15, -0.1) is 0 Å². The minimum Gasteiger partial charge on any atom is -0.330 e. The number of nitrogens with two attached hydrogens (primary N) is 1. The molecular weight excluding hydrogens is 280 g/mol. The third-order valence-corrected chi connectivity index (χ3v) is 4.05. The van der Waals surface area contributed by atoms with Gasteiger partial charge in [0.1, 0.15) is 5.82 Å². The Morgan fingerprint density at radius 3 is 2.52 bits per heavy atom. The molecule has 0 aliphatic rings. The molecule has 0 fully saturated rings. The van der Waals surface area contributed by atoms with Crippen LogP contribution in [-0.4, -0.2) is 22.4 Å². The molecule has 0 aliphatic carbocycles. The highest BCUT2D eigenvalue weighted by Gasteiger charge is 2.22. The molecule has 0 bridgehead atoms. The molecule has 0 atom stereocenters. The van der Waals surface area contributed by atoms with E-state index in [0.29, 0.717) is 6.54 Å². The van der Waals surface area contributed by atoms with Gasteiger partial charge < -0.3 is 10.6 Å². The molecule has 21 heavy (non-hydrogen) atoms. The van der Waals surface area contributed by atoms with Gasteiger partial charge in [-0.2, -0.15) is 4.37 Å². The molecule has 114 valence electrons. The van der Waals surface area contributed by atoms with Crippen LogP contribution >= 0.6 is 11.5 Å². The van der Waals surface area contributed by atoms with Gasteiger partial charge >= 0.3 is 0 Å². The number of rotatable bonds is 5. The largest absolute Gasteiger partial charge is 0.330 e. The maximum absolute atomic E-state index is 5.69. The van der Waals surface area contributed by atoms with Crippen molar-refractivity contribution in [1.82, 2.24) is 9.36 Å². The first kappa shape index (κ1) is 15.9. The zero-order valence-corrected chi connectivity index (χ0v) is 14.1. The van der Waals surface area contributed by atoms with Crippen molar-refractivity contribution in [1.29, 1.82) is 0 Å². The first-order chi connectivity index (χ1) is 9.93. The molecule has 0 spiro atoms. The first-order valence-electron chi connectivity index (χ1n) is 7.31. The van der Waals surface area contributed by atoms with Crippen LogP contribution < -0.4 is 10.6 Å². The lowest BCUT2D eigenvalue weighted by atomic mass is 9.96. The number of para-hydroxylation sites is 1. The SMILES string of the molecule is Cc1ccccc1N(CCCN)c1nc(C(C)(C)C)ns1. The van der Waals surface area contributed by atoms with E-state index in [9.17, 15) is 0 Å². The predicted molar refractivity (Wildman–Crippen MR) is 90.5 cm³/mol. The number of hydrogen-bond acceptors (Lipinski definition) is 5. The van der Waals surface area contributed by atoms with Crippen molar-refractivity contribution in [3.05, 3.63) is 35.7 Å². The third-order valence-electron chi connectivity index (χ3n) is 3.31. The Hall–Kier alpha value is -1.46. The number of aromatic nitrogens is 2. The number of benzene rings is 1. The summed E-state index contributed by atoms with van der Waals surface area (Å²) in [5, 5.41) is 0.947. The van der Waals surface area contributed by atoms with Gasteiger partial charge in [-0.1, -0.05) is 39.0 Å². The molecule has 1 aromatic carbocycles. The summed E-state index contributed by atoms with van der Waals surface area (Å²) in [7, 11) is 0. The summed E-state index contributed by atoms with van der Waals surface area (Å²) < 4.78 is 4.53. The summed E-state index contributed by atoms with van der Waals surface area (Å²) in [5.74, 6) is 0.897. The van der Waals surface area contributed by atoms with E-state index in [1.807, 2.05) is 0 Å². The first-order valence-corrected chi connectivity index (χ1v) is 8.08. The molecule has 0 saturated heterocycles. The second-order valence-corrected chi connectivity index (χ2v) is 6.96. The van der Waals surface area contributed by atoms with E-state index in [-0.39, 0.29) is 5.41 Å². The normalized spacial score (nSPS) is 11.7. The van der Waals surface area contributed by atoms with E-state index >= 15 is 0 Å². The third kappa shape index (κ3) is 3.80. The van der Waals surface area contributed by atoms with Gasteiger partial charge in [-0.25, -0.2) is 4.98 Å². The van der Waals surface area contributed by atoms with Gasteiger partial charge in [-0.3, -0.25) is 0 Å². The van der Waals surface area contributed by atoms with Crippen LogP contribution in [-0.2, 0) is 5.41 Å². The van der Waals surface area contributed by atoms with Crippen LogP contribution in [0.2, 0.25) is 0 Å². The fourth-order valence-corrected chi connectivity index (χ4v) is 2.96. The van der Waals surface area contributed by atoms with Crippen molar-refractivity contribution in [2.24, 2.45) is 5.73 Å². The Balaban J connectivity index is 2.37. The van der Waals surface area contributed by atoms with E-state index in [2.05, 4.69) is 61.2 Å². The summed E-state index contributed by atoms with van der Waals surface area (Å²) in [6.07, 6.45) is 0.929. The molecule has 2 aromatic rings. The highest BCUT2D eigenvalue weighted by Crippen LogP contribution is 2.32. The minimum absolute atomic E-state index is 0.0278. The quantitative estimate of drug-likeness (QED) is 0.916. The lowest BCUT2D eigenvalue weighted by Crippen LogP contribution is -2.22. The standard InChI is InChI=1S/C16H24N4S/c1-12-8-5-6-9-13(12)20(11-7-10-17)15-18-14(19-21-15)16(2,3)4/h5-6,8-9H,7,10-11,17H2,1-4H3. The highest BCUT2D eigenvalue weighted by atomic mass is 32.1. The van der Waals surface area contributed by atoms with Crippen molar-refractivity contribution >= 4 is 22.4 Å². The van der Waals surface area contributed by atoms with Gasteiger partial charge in [0.25, 0.3) is 0 Å². The van der Waals surface area contributed by atoms with Gasteiger partial charge in [-0.05, 0) is 31.5 Å². The molecule has 1 aromatic heterocycles. The zero-order valence-electron chi connectivity index (χ0n) is 13.3. The predicted octanol–water partition coefficient (Wildman–Crippen LogP) is 3.63. The average molecular weight is 304 g/mol. The molecule has 2 N–H and O–H groups in total. The minimum atomic E-state index is -0.0278. The smallest absolute Gasteiger partial charge is 0.209 e. The van der Waals surface area contributed by atoms with Gasteiger partial charge in [0.05, 0.1) is 0 Å². The summed E-state index contributed by atoms with van der Waals surface area (Å²) >= 11 is 1.46. The van der Waals surface area contributed by atoms with Crippen molar-refractivity contribution in [3.63, 3.8) is 0 Å². The monoisotopic (exact) mass is 304 g/mol. The van der Waals surface area contributed by atoms with E-state index in [4.69, 9.17) is 10.7 Å². The van der Waals surface area contributed by atoms with Crippen LogP contribution in [0.1, 0.15) is 38.6 Å². The van der Waals surface area contributed by atoms with Crippen molar-refractivity contribution in [2.45, 2.75) is 39.5 Å². The second-order valence-electron chi connectivity index (χ2n) is 6.23. The topological polar surface area (TPSA) is 55.0 Å². The molecule has 2 rings (SSSR count). The molecule has 0 saturated carbocycles. The molecule has 0 amide bonds. The van der Waals surface area contributed by atoms with Crippen LogP contribution in [0.5, 0.6) is 0 Å². The van der Waals surface area contributed by atoms with Gasteiger partial charge in [0, 0.05) is 29.2 Å². The number of anilines is 2. The van der Waals surface area contributed by atoms with Crippen LogP contribution in [0.3, 0.4) is 0 Å². The van der Waals surface area contributed by atoms with E-state index < -0.39 is 0 Å². The molecule has 0 unspecified atom stereocenters. The fourth-order valence-electron chi connectivity index (χ4n) is 2.06. The number of aryl methyl sites for hydroxylation is 1.